The molecular formula is C13H17NO3. The number of hydrogen-bond donors (Lipinski definition) is 1. The second-order valence-electron chi connectivity index (χ2n) is 4.42. The normalized spacial score (nSPS) is 25.7. The Kier molecular flexibility index (Phi) is 3.76. The topological polar surface area (TPSA) is 49.8 Å². The molecule has 0 saturated carbocycles. The number of rotatable bonds is 3. The van der Waals surface area contributed by atoms with Crippen molar-refractivity contribution in [3.63, 3.8) is 0 Å². The third-order valence-corrected chi connectivity index (χ3v) is 3.07. The van der Waals surface area contributed by atoms with Crippen LogP contribution in [0.2, 0.25) is 0 Å². The SMILES string of the molecule is C[C@H]1COC(C(=O)O)CN1Cc1ccccc1. The highest BCUT2D eigenvalue weighted by Crippen LogP contribution is 2.15. The van der Waals surface area contributed by atoms with E-state index in [0.29, 0.717) is 13.2 Å². The van der Waals surface area contributed by atoms with Crippen molar-refractivity contribution in [3.8, 4) is 0 Å². The van der Waals surface area contributed by atoms with Gasteiger partial charge in [-0.2, -0.15) is 0 Å². The lowest BCUT2D eigenvalue weighted by molar-refractivity contribution is -0.159. The van der Waals surface area contributed by atoms with Gasteiger partial charge in [0.15, 0.2) is 6.10 Å². The smallest absolute Gasteiger partial charge is 0.334 e. The summed E-state index contributed by atoms with van der Waals surface area (Å²) in [6.07, 6.45) is -0.699. The van der Waals surface area contributed by atoms with Gasteiger partial charge in [-0.25, -0.2) is 4.79 Å². The van der Waals surface area contributed by atoms with Crippen molar-refractivity contribution in [2.45, 2.75) is 25.6 Å². The summed E-state index contributed by atoms with van der Waals surface area (Å²) >= 11 is 0. The van der Waals surface area contributed by atoms with Crippen LogP contribution in [0.25, 0.3) is 0 Å². The van der Waals surface area contributed by atoms with Gasteiger partial charge < -0.3 is 9.84 Å². The maximum atomic E-state index is 10.9. The molecule has 1 aromatic rings. The zero-order valence-corrected chi connectivity index (χ0v) is 9.87. The van der Waals surface area contributed by atoms with E-state index in [1.807, 2.05) is 18.2 Å². The molecule has 17 heavy (non-hydrogen) atoms. The summed E-state index contributed by atoms with van der Waals surface area (Å²) in [5.74, 6) is -0.880. The number of nitrogens with zero attached hydrogens (tertiary/aromatic N) is 1. The number of morpholine rings is 1. The van der Waals surface area contributed by atoms with Gasteiger partial charge in [0.05, 0.1) is 6.61 Å². The second kappa shape index (κ2) is 5.29. The second-order valence-corrected chi connectivity index (χ2v) is 4.42. The molecule has 1 aliphatic heterocycles. The average molecular weight is 235 g/mol. The van der Waals surface area contributed by atoms with E-state index in [1.54, 1.807) is 0 Å². The van der Waals surface area contributed by atoms with E-state index in [-0.39, 0.29) is 6.04 Å². The van der Waals surface area contributed by atoms with Crippen LogP contribution in [-0.4, -0.2) is 41.3 Å². The largest absolute Gasteiger partial charge is 0.479 e. The quantitative estimate of drug-likeness (QED) is 0.859. The molecule has 0 aromatic heterocycles. The number of hydrogen-bond acceptors (Lipinski definition) is 3. The van der Waals surface area contributed by atoms with Gasteiger partial charge in [0.25, 0.3) is 0 Å². The van der Waals surface area contributed by atoms with E-state index < -0.39 is 12.1 Å². The molecule has 0 amide bonds. The van der Waals surface area contributed by atoms with Crippen LogP contribution in [0.3, 0.4) is 0 Å². The van der Waals surface area contributed by atoms with Gasteiger partial charge in [-0.1, -0.05) is 30.3 Å². The fourth-order valence-corrected chi connectivity index (χ4v) is 1.99. The Bertz CT molecular complexity index is 380. The molecule has 1 heterocycles. The number of carboxylic acids is 1. The van der Waals surface area contributed by atoms with Crippen LogP contribution in [0.15, 0.2) is 30.3 Å². The van der Waals surface area contributed by atoms with Gasteiger partial charge >= 0.3 is 5.97 Å². The fourth-order valence-electron chi connectivity index (χ4n) is 1.99. The molecule has 0 aliphatic carbocycles. The van der Waals surface area contributed by atoms with Gasteiger partial charge in [0.2, 0.25) is 0 Å². The van der Waals surface area contributed by atoms with Crippen LogP contribution in [0.1, 0.15) is 12.5 Å². The molecule has 4 heteroatoms. The zero-order valence-electron chi connectivity index (χ0n) is 9.87. The Balaban J connectivity index is 2.01. The van der Waals surface area contributed by atoms with E-state index in [4.69, 9.17) is 9.84 Å². The summed E-state index contributed by atoms with van der Waals surface area (Å²) in [4.78, 5) is 13.1. The first-order valence-electron chi connectivity index (χ1n) is 5.79. The molecule has 92 valence electrons. The minimum Gasteiger partial charge on any atom is -0.479 e. The molecule has 2 rings (SSSR count). The highest BCUT2D eigenvalue weighted by atomic mass is 16.5. The summed E-state index contributed by atoms with van der Waals surface area (Å²) in [5, 5.41) is 8.96. The van der Waals surface area contributed by atoms with Crippen LogP contribution >= 0.6 is 0 Å². The minimum absolute atomic E-state index is 0.255. The maximum Gasteiger partial charge on any atom is 0.334 e. The molecular weight excluding hydrogens is 218 g/mol. The first kappa shape index (κ1) is 12.1. The molecule has 4 nitrogen and oxygen atoms in total. The number of carboxylic acid groups (broad SMARTS) is 1. The van der Waals surface area contributed by atoms with E-state index in [0.717, 1.165) is 6.54 Å². The summed E-state index contributed by atoms with van der Waals surface area (Å²) < 4.78 is 5.28. The van der Waals surface area contributed by atoms with Gasteiger partial charge in [-0.3, -0.25) is 4.90 Å². The lowest BCUT2D eigenvalue weighted by atomic mass is 10.1. The van der Waals surface area contributed by atoms with Crippen LogP contribution < -0.4 is 0 Å². The van der Waals surface area contributed by atoms with E-state index in [9.17, 15) is 4.79 Å². The van der Waals surface area contributed by atoms with E-state index in [1.165, 1.54) is 5.56 Å². The molecule has 1 aliphatic rings. The maximum absolute atomic E-state index is 10.9. The number of aliphatic carboxylic acids is 1. The average Bonchev–Trinajstić information content (AvgIpc) is 2.33. The number of ether oxygens (including phenoxy) is 1. The predicted octanol–water partition coefficient (Wildman–Crippen LogP) is 1.36. The van der Waals surface area contributed by atoms with Crippen molar-refractivity contribution >= 4 is 5.97 Å². The lowest BCUT2D eigenvalue weighted by Gasteiger charge is -2.36. The molecule has 0 spiro atoms. The third-order valence-electron chi connectivity index (χ3n) is 3.07. The first-order valence-corrected chi connectivity index (χ1v) is 5.79. The van der Waals surface area contributed by atoms with Gasteiger partial charge in [-0.05, 0) is 12.5 Å². The minimum atomic E-state index is -0.880. The van der Waals surface area contributed by atoms with Crippen LogP contribution in [-0.2, 0) is 16.1 Å². The number of benzene rings is 1. The van der Waals surface area contributed by atoms with Crippen molar-refractivity contribution in [1.82, 2.24) is 4.90 Å². The molecule has 1 saturated heterocycles. The molecule has 1 unspecified atom stereocenters. The van der Waals surface area contributed by atoms with Gasteiger partial charge in [0.1, 0.15) is 0 Å². The Labute approximate surface area is 101 Å². The number of carbonyl (C=O) groups is 1. The first-order chi connectivity index (χ1) is 8.16. The highest BCUT2D eigenvalue weighted by molar-refractivity contribution is 5.72. The van der Waals surface area contributed by atoms with E-state index >= 15 is 0 Å². The molecule has 2 atom stereocenters. The van der Waals surface area contributed by atoms with Crippen molar-refractivity contribution in [2.24, 2.45) is 0 Å². The van der Waals surface area contributed by atoms with Crippen molar-refractivity contribution < 1.29 is 14.6 Å². The monoisotopic (exact) mass is 235 g/mol. The fraction of sp³-hybridized carbons (Fsp3) is 0.462. The van der Waals surface area contributed by atoms with Gasteiger partial charge in [-0.15, -0.1) is 0 Å². The van der Waals surface area contributed by atoms with E-state index in [2.05, 4.69) is 24.0 Å². The molecule has 1 fully saturated rings. The Morgan fingerprint density at radius 3 is 2.82 bits per heavy atom. The van der Waals surface area contributed by atoms with Crippen molar-refractivity contribution in [2.75, 3.05) is 13.2 Å². The third kappa shape index (κ3) is 3.05. The molecule has 0 radical (unpaired) electrons. The molecule has 1 N–H and O–H groups in total. The van der Waals surface area contributed by atoms with Crippen LogP contribution in [0.4, 0.5) is 0 Å². The summed E-state index contributed by atoms with van der Waals surface area (Å²) in [6.45, 7) is 3.76. The molecule has 0 bridgehead atoms. The zero-order chi connectivity index (χ0) is 12.3. The molecule has 1 aromatic carbocycles. The van der Waals surface area contributed by atoms with Crippen molar-refractivity contribution in [1.29, 1.82) is 0 Å². The summed E-state index contributed by atoms with van der Waals surface area (Å²) in [7, 11) is 0. The Morgan fingerprint density at radius 1 is 1.47 bits per heavy atom. The highest BCUT2D eigenvalue weighted by Gasteiger charge is 2.30. The van der Waals surface area contributed by atoms with Crippen LogP contribution in [0.5, 0.6) is 0 Å². The van der Waals surface area contributed by atoms with Crippen molar-refractivity contribution in [3.05, 3.63) is 35.9 Å². The predicted molar refractivity (Wildman–Crippen MR) is 63.7 cm³/mol. The lowest BCUT2D eigenvalue weighted by Crippen LogP contribution is -2.50. The Hall–Kier alpha value is -1.39. The van der Waals surface area contributed by atoms with Gasteiger partial charge in [0, 0.05) is 19.1 Å². The Morgan fingerprint density at radius 2 is 2.18 bits per heavy atom. The standard InChI is InChI=1S/C13H17NO3/c1-10-9-17-12(13(15)16)8-14(10)7-11-5-3-2-4-6-11/h2-6,10,12H,7-9H2,1H3,(H,15,16)/t10-,12?/m0/s1. The van der Waals surface area contributed by atoms with Crippen LogP contribution in [0, 0.1) is 0 Å². The summed E-state index contributed by atoms with van der Waals surface area (Å²) in [6, 6.07) is 10.3. The summed E-state index contributed by atoms with van der Waals surface area (Å²) in [5.41, 5.74) is 1.20.